The van der Waals surface area contributed by atoms with Gasteiger partial charge in [-0.15, -0.1) is 0 Å². The van der Waals surface area contributed by atoms with E-state index in [0.717, 1.165) is 43.3 Å². The average Bonchev–Trinajstić information content (AvgIpc) is 3.08. The van der Waals surface area contributed by atoms with Crippen molar-refractivity contribution in [3.8, 4) is 0 Å². The van der Waals surface area contributed by atoms with Gasteiger partial charge in [-0.3, -0.25) is 14.5 Å². The Morgan fingerprint density at radius 3 is 2.38 bits per heavy atom. The van der Waals surface area contributed by atoms with Gasteiger partial charge in [-0.1, -0.05) is 18.5 Å². The van der Waals surface area contributed by atoms with Crippen LogP contribution in [0, 0.1) is 0 Å². The fraction of sp³-hybridized carbons (Fsp3) is 0.455. The molecular formula is C22H27ClN4O2. The molecule has 1 saturated heterocycles. The normalized spacial score (nSPS) is 20.7. The number of benzene rings is 1. The fourth-order valence-corrected chi connectivity index (χ4v) is 4.53. The standard InChI is InChI=1S/C22H27ClN4O2/c1-3-9-27-15-19(21(28)20-18(22(27)29)8-10-24(20)2)26-13-11-25(12-14-26)17-6-4-16(23)5-7-17/h4-8,10,19H,3,9,11-15H2,1-2H3. The van der Waals surface area contributed by atoms with Crippen molar-refractivity contribution in [2.24, 2.45) is 7.05 Å². The Hall–Kier alpha value is -2.31. The highest BCUT2D eigenvalue weighted by Gasteiger charge is 2.39. The van der Waals surface area contributed by atoms with Crippen molar-refractivity contribution in [3.05, 3.63) is 52.8 Å². The lowest BCUT2D eigenvalue weighted by Crippen LogP contribution is -2.56. The lowest BCUT2D eigenvalue weighted by Gasteiger charge is -2.40. The van der Waals surface area contributed by atoms with E-state index in [1.54, 1.807) is 10.6 Å². The maximum atomic E-state index is 13.4. The summed E-state index contributed by atoms with van der Waals surface area (Å²) in [6.07, 6.45) is 2.69. The third kappa shape index (κ3) is 3.79. The van der Waals surface area contributed by atoms with Crippen LogP contribution in [0.3, 0.4) is 0 Å². The number of hydrogen-bond acceptors (Lipinski definition) is 4. The number of ketones is 1. The molecule has 1 unspecified atom stereocenters. The summed E-state index contributed by atoms with van der Waals surface area (Å²) < 4.78 is 1.79. The van der Waals surface area contributed by atoms with E-state index < -0.39 is 0 Å². The fourth-order valence-electron chi connectivity index (χ4n) is 4.40. The molecular weight excluding hydrogens is 388 g/mol. The molecule has 0 spiro atoms. The minimum Gasteiger partial charge on any atom is -0.369 e. The molecule has 0 bridgehead atoms. The van der Waals surface area contributed by atoms with Gasteiger partial charge in [0.05, 0.1) is 17.3 Å². The average molecular weight is 415 g/mol. The number of Topliss-reactive ketones (excluding diaryl/α,β-unsaturated/α-hetero) is 1. The van der Waals surface area contributed by atoms with Crippen LogP contribution in [0.5, 0.6) is 0 Å². The van der Waals surface area contributed by atoms with Gasteiger partial charge in [0.1, 0.15) is 0 Å². The number of aromatic nitrogens is 1. The Balaban J connectivity index is 1.54. The van der Waals surface area contributed by atoms with E-state index in [9.17, 15) is 9.59 Å². The number of hydrogen-bond donors (Lipinski definition) is 0. The molecule has 1 fully saturated rings. The number of nitrogens with zero attached hydrogens (tertiary/aromatic N) is 4. The Kier molecular flexibility index (Phi) is 5.65. The molecule has 1 aromatic carbocycles. The summed E-state index contributed by atoms with van der Waals surface area (Å²) in [7, 11) is 1.84. The summed E-state index contributed by atoms with van der Waals surface area (Å²) in [5.41, 5.74) is 2.22. The second-order valence-electron chi connectivity index (χ2n) is 7.82. The number of carbonyl (C=O) groups is 2. The van der Waals surface area contributed by atoms with Crippen LogP contribution in [0.1, 0.15) is 34.2 Å². The number of fused-ring (bicyclic) bond motifs is 1. The van der Waals surface area contributed by atoms with Crippen molar-refractivity contribution in [2.45, 2.75) is 19.4 Å². The molecule has 7 heteroatoms. The first kappa shape index (κ1) is 20.0. The monoisotopic (exact) mass is 414 g/mol. The number of halogens is 1. The van der Waals surface area contributed by atoms with Crippen molar-refractivity contribution in [2.75, 3.05) is 44.2 Å². The molecule has 0 saturated carbocycles. The molecule has 4 rings (SSSR count). The highest BCUT2D eigenvalue weighted by atomic mass is 35.5. The van der Waals surface area contributed by atoms with E-state index in [-0.39, 0.29) is 17.7 Å². The van der Waals surface area contributed by atoms with Crippen molar-refractivity contribution in [1.82, 2.24) is 14.4 Å². The molecule has 2 aliphatic heterocycles. The number of amides is 1. The molecule has 1 amide bonds. The first-order valence-electron chi connectivity index (χ1n) is 10.2. The number of rotatable bonds is 4. The van der Waals surface area contributed by atoms with Crippen molar-refractivity contribution < 1.29 is 9.59 Å². The minimum absolute atomic E-state index is 0.0295. The van der Waals surface area contributed by atoms with Gasteiger partial charge in [0.15, 0.2) is 5.78 Å². The zero-order valence-corrected chi connectivity index (χ0v) is 17.7. The predicted molar refractivity (Wildman–Crippen MR) is 115 cm³/mol. The summed E-state index contributed by atoms with van der Waals surface area (Å²) in [5, 5.41) is 0.732. The first-order valence-corrected chi connectivity index (χ1v) is 10.6. The molecule has 2 aliphatic rings. The van der Waals surface area contributed by atoms with Gasteiger partial charge >= 0.3 is 0 Å². The van der Waals surface area contributed by atoms with Crippen molar-refractivity contribution in [3.63, 3.8) is 0 Å². The first-order chi connectivity index (χ1) is 14.0. The van der Waals surface area contributed by atoms with Gasteiger partial charge in [-0.05, 0) is 36.8 Å². The lowest BCUT2D eigenvalue weighted by atomic mass is 10.1. The summed E-state index contributed by atoms with van der Waals surface area (Å²) in [6.45, 7) is 6.44. The number of aryl methyl sites for hydroxylation is 1. The molecule has 0 N–H and O–H groups in total. The highest BCUT2D eigenvalue weighted by molar-refractivity contribution is 6.30. The largest absolute Gasteiger partial charge is 0.369 e. The van der Waals surface area contributed by atoms with Gasteiger partial charge in [0, 0.05) is 63.2 Å². The minimum atomic E-state index is -0.298. The van der Waals surface area contributed by atoms with Crippen LogP contribution >= 0.6 is 11.6 Å². The molecule has 1 atom stereocenters. The molecule has 6 nitrogen and oxygen atoms in total. The molecule has 1 aromatic heterocycles. The maximum absolute atomic E-state index is 13.4. The van der Waals surface area contributed by atoms with E-state index in [1.165, 1.54) is 0 Å². The van der Waals surface area contributed by atoms with E-state index in [2.05, 4.69) is 16.7 Å². The van der Waals surface area contributed by atoms with E-state index in [0.29, 0.717) is 24.3 Å². The maximum Gasteiger partial charge on any atom is 0.256 e. The Labute approximate surface area is 176 Å². The summed E-state index contributed by atoms with van der Waals surface area (Å²) >= 11 is 6.00. The van der Waals surface area contributed by atoms with Crippen molar-refractivity contribution in [1.29, 1.82) is 0 Å². The van der Waals surface area contributed by atoms with Gasteiger partial charge in [0.25, 0.3) is 5.91 Å². The van der Waals surface area contributed by atoms with Crippen LogP contribution in [0.25, 0.3) is 0 Å². The van der Waals surface area contributed by atoms with Crippen LogP contribution in [0.2, 0.25) is 5.02 Å². The Morgan fingerprint density at radius 2 is 1.72 bits per heavy atom. The number of carbonyl (C=O) groups excluding carboxylic acids is 2. The number of piperazine rings is 1. The predicted octanol–water partition coefficient (Wildman–Crippen LogP) is 2.92. The van der Waals surface area contributed by atoms with Gasteiger partial charge in [-0.25, -0.2) is 0 Å². The smallest absolute Gasteiger partial charge is 0.256 e. The molecule has 0 radical (unpaired) electrons. The van der Waals surface area contributed by atoms with Crippen LogP contribution in [-0.2, 0) is 7.05 Å². The molecule has 154 valence electrons. The third-order valence-electron chi connectivity index (χ3n) is 5.96. The molecule has 3 heterocycles. The van der Waals surface area contributed by atoms with Crippen LogP contribution in [-0.4, -0.2) is 71.4 Å². The van der Waals surface area contributed by atoms with E-state index in [4.69, 9.17) is 11.6 Å². The summed E-state index contributed by atoms with van der Waals surface area (Å²) in [4.78, 5) is 32.8. The highest BCUT2D eigenvalue weighted by Crippen LogP contribution is 2.25. The lowest BCUT2D eigenvalue weighted by molar-refractivity contribution is 0.0641. The molecule has 29 heavy (non-hydrogen) atoms. The zero-order valence-electron chi connectivity index (χ0n) is 17.0. The summed E-state index contributed by atoms with van der Waals surface area (Å²) in [5.74, 6) is 0.0255. The van der Waals surface area contributed by atoms with Gasteiger partial charge in [0.2, 0.25) is 0 Å². The number of anilines is 1. The second-order valence-corrected chi connectivity index (χ2v) is 8.26. The van der Waals surface area contributed by atoms with E-state index in [1.807, 2.05) is 42.4 Å². The van der Waals surface area contributed by atoms with Crippen LogP contribution in [0.4, 0.5) is 5.69 Å². The van der Waals surface area contributed by atoms with Gasteiger partial charge < -0.3 is 14.4 Å². The zero-order chi connectivity index (χ0) is 20.5. The molecule has 2 aromatic rings. The van der Waals surface area contributed by atoms with Crippen LogP contribution < -0.4 is 4.90 Å². The Morgan fingerprint density at radius 1 is 1.03 bits per heavy atom. The van der Waals surface area contributed by atoms with Crippen molar-refractivity contribution >= 4 is 29.0 Å². The quantitative estimate of drug-likeness (QED) is 0.771. The SMILES string of the molecule is CCCN1CC(N2CCN(c3ccc(Cl)cc3)CC2)C(=O)c2c(ccn2C)C1=O. The second kappa shape index (κ2) is 8.20. The third-order valence-corrected chi connectivity index (χ3v) is 6.21. The topological polar surface area (TPSA) is 48.8 Å². The van der Waals surface area contributed by atoms with Crippen LogP contribution in [0.15, 0.2) is 36.5 Å². The van der Waals surface area contributed by atoms with E-state index >= 15 is 0 Å². The van der Waals surface area contributed by atoms with Gasteiger partial charge in [-0.2, -0.15) is 0 Å². The Bertz CT molecular complexity index is 900. The molecule has 0 aliphatic carbocycles. The summed E-state index contributed by atoms with van der Waals surface area (Å²) in [6, 6.07) is 9.36.